The van der Waals surface area contributed by atoms with Crippen LogP contribution in [-0.2, 0) is 19.1 Å². The fraction of sp³-hybridized carbons (Fsp3) is 0.500. The van der Waals surface area contributed by atoms with Crippen molar-refractivity contribution >= 4 is 29.4 Å². The summed E-state index contributed by atoms with van der Waals surface area (Å²) in [5, 5.41) is 3.87. The first-order valence-electron chi connectivity index (χ1n) is 8.30. The molecular formula is C18H21ClN2O4. The topological polar surface area (TPSA) is 75.7 Å². The molecule has 0 unspecified atom stereocenters. The normalized spacial score (nSPS) is 31.4. The van der Waals surface area contributed by atoms with Crippen LogP contribution < -0.4 is 5.32 Å². The number of hydrogen-bond donors (Lipinski definition) is 1. The van der Waals surface area contributed by atoms with Crippen molar-refractivity contribution in [1.82, 2.24) is 10.2 Å². The molecule has 2 fully saturated rings. The predicted octanol–water partition coefficient (Wildman–Crippen LogP) is 1.93. The van der Waals surface area contributed by atoms with Crippen molar-refractivity contribution in [1.29, 1.82) is 0 Å². The summed E-state index contributed by atoms with van der Waals surface area (Å²) >= 11 is 5.96. The van der Waals surface area contributed by atoms with Gasteiger partial charge in [-0.2, -0.15) is 0 Å². The van der Waals surface area contributed by atoms with E-state index in [9.17, 15) is 14.4 Å². The average Bonchev–Trinajstić information content (AvgIpc) is 3.06. The van der Waals surface area contributed by atoms with Crippen molar-refractivity contribution in [3.8, 4) is 0 Å². The van der Waals surface area contributed by atoms with Crippen molar-refractivity contribution in [2.24, 2.45) is 11.8 Å². The third-order valence-corrected chi connectivity index (χ3v) is 5.55. The molecule has 4 atom stereocenters. The van der Waals surface area contributed by atoms with Gasteiger partial charge in [-0.3, -0.25) is 24.6 Å². The minimum absolute atomic E-state index is 0.274. The quantitative estimate of drug-likeness (QED) is 0.652. The lowest BCUT2D eigenvalue weighted by Crippen LogP contribution is -2.56. The first kappa shape index (κ1) is 17.9. The van der Waals surface area contributed by atoms with Crippen molar-refractivity contribution in [2.75, 3.05) is 14.2 Å². The van der Waals surface area contributed by atoms with Crippen molar-refractivity contribution in [3.05, 3.63) is 34.9 Å². The zero-order chi connectivity index (χ0) is 18.4. The number of carbonyl (C=O) groups is 3. The van der Waals surface area contributed by atoms with Crippen LogP contribution in [0.5, 0.6) is 0 Å². The lowest BCUT2D eigenvalue weighted by molar-refractivity contribution is -0.154. The molecule has 0 saturated carbocycles. The highest BCUT2D eigenvalue weighted by Gasteiger charge is 2.67. The van der Waals surface area contributed by atoms with Crippen LogP contribution in [0.25, 0.3) is 0 Å². The van der Waals surface area contributed by atoms with Crippen LogP contribution in [0.1, 0.15) is 31.4 Å². The number of likely N-dealkylation sites (tertiary alicyclic amines) is 1. The Hall–Kier alpha value is -1.92. The number of hydrogen-bond acceptors (Lipinski definition) is 5. The third kappa shape index (κ3) is 2.55. The Morgan fingerprint density at radius 1 is 1.28 bits per heavy atom. The van der Waals surface area contributed by atoms with Crippen molar-refractivity contribution in [3.63, 3.8) is 0 Å². The number of imide groups is 1. The van der Waals surface area contributed by atoms with Crippen molar-refractivity contribution < 1.29 is 19.1 Å². The zero-order valence-electron chi connectivity index (χ0n) is 14.4. The lowest BCUT2D eigenvalue weighted by atomic mass is 9.77. The molecule has 0 aromatic heterocycles. The van der Waals surface area contributed by atoms with Gasteiger partial charge < -0.3 is 4.74 Å². The highest BCUT2D eigenvalue weighted by molar-refractivity contribution is 6.30. The van der Waals surface area contributed by atoms with Crippen LogP contribution >= 0.6 is 11.6 Å². The van der Waals surface area contributed by atoms with Crippen LogP contribution in [0.15, 0.2) is 24.3 Å². The summed E-state index contributed by atoms with van der Waals surface area (Å²) in [6.45, 7) is 1.93. The van der Waals surface area contributed by atoms with Crippen LogP contribution in [0.4, 0.5) is 0 Å². The molecule has 2 aliphatic heterocycles. The highest BCUT2D eigenvalue weighted by Crippen LogP contribution is 2.50. The number of nitrogens with zero attached hydrogens (tertiary/aromatic N) is 1. The number of amides is 2. The standard InChI is InChI=1S/C18H21ClN2O4/c1-4-9-18(17(24)25-3)13-12(15(22)21(2)16(13)23)14(20-18)10-5-7-11(19)8-6-10/h5-8,12-14,20H,4,9H2,1-3H3/t12-,13-,14-,18-/m0/s1. The molecule has 3 rings (SSSR count). The number of halogens is 1. The van der Waals surface area contributed by atoms with E-state index >= 15 is 0 Å². The monoisotopic (exact) mass is 364 g/mol. The molecule has 7 heteroatoms. The van der Waals surface area contributed by atoms with E-state index < -0.39 is 29.4 Å². The van der Waals surface area contributed by atoms with E-state index in [2.05, 4.69) is 5.32 Å². The van der Waals surface area contributed by atoms with Gasteiger partial charge in [-0.05, 0) is 24.1 Å². The van der Waals surface area contributed by atoms with E-state index in [-0.39, 0.29) is 11.8 Å². The summed E-state index contributed by atoms with van der Waals surface area (Å²) in [5.41, 5.74) is -0.381. The van der Waals surface area contributed by atoms with Gasteiger partial charge in [0.25, 0.3) is 0 Å². The predicted molar refractivity (Wildman–Crippen MR) is 91.7 cm³/mol. The summed E-state index contributed by atoms with van der Waals surface area (Å²) in [6.07, 6.45) is 1.08. The van der Waals surface area contributed by atoms with Gasteiger partial charge in [0.15, 0.2) is 0 Å². The maximum Gasteiger partial charge on any atom is 0.326 e. The zero-order valence-corrected chi connectivity index (χ0v) is 15.2. The maximum atomic E-state index is 12.8. The van der Waals surface area contributed by atoms with Crippen LogP contribution in [0, 0.1) is 11.8 Å². The van der Waals surface area contributed by atoms with E-state index in [1.165, 1.54) is 14.2 Å². The largest absolute Gasteiger partial charge is 0.468 e. The molecule has 0 radical (unpaired) electrons. The van der Waals surface area contributed by atoms with E-state index in [0.29, 0.717) is 17.9 Å². The molecule has 6 nitrogen and oxygen atoms in total. The van der Waals surface area contributed by atoms with Gasteiger partial charge in [0.2, 0.25) is 11.8 Å². The van der Waals surface area contributed by atoms with Gasteiger partial charge in [0, 0.05) is 18.1 Å². The first-order valence-corrected chi connectivity index (χ1v) is 8.68. The number of fused-ring (bicyclic) bond motifs is 1. The summed E-state index contributed by atoms with van der Waals surface area (Å²) in [7, 11) is 2.77. The smallest absolute Gasteiger partial charge is 0.326 e. The van der Waals surface area contributed by atoms with Gasteiger partial charge in [-0.15, -0.1) is 0 Å². The number of carbonyl (C=O) groups excluding carboxylic acids is 3. The third-order valence-electron chi connectivity index (χ3n) is 5.30. The summed E-state index contributed by atoms with van der Waals surface area (Å²) < 4.78 is 5.02. The molecule has 134 valence electrons. The van der Waals surface area contributed by atoms with E-state index in [1.54, 1.807) is 12.1 Å². The molecule has 2 aliphatic rings. The van der Waals surface area contributed by atoms with Gasteiger partial charge in [0.1, 0.15) is 5.54 Å². The van der Waals surface area contributed by atoms with Gasteiger partial charge >= 0.3 is 5.97 Å². The molecule has 2 saturated heterocycles. The Labute approximate surface area is 151 Å². The Morgan fingerprint density at radius 2 is 1.92 bits per heavy atom. The van der Waals surface area contributed by atoms with Crippen LogP contribution in [-0.4, -0.2) is 42.4 Å². The number of rotatable bonds is 4. The summed E-state index contributed by atoms with van der Waals surface area (Å²) in [6, 6.07) is 6.64. The Morgan fingerprint density at radius 3 is 2.48 bits per heavy atom. The number of benzene rings is 1. The molecule has 0 spiro atoms. The van der Waals surface area contributed by atoms with E-state index in [0.717, 1.165) is 10.5 Å². The Kier molecular flexibility index (Phi) is 4.60. The second-order valence-corrected chi connectivity index (χ2v) is 7.06. The molecule has 1 N–H and O–H groups in total. The Bertz CT molecular complexity index is 720. The molecular weight excluding hydrogens is 344 g/mol. The fourth-order valence-corrected chi connectivity index (χ4v) is 4.33. The molecule has 2 heterocycles. The SMILES string of the molecule is CCC[C@]1(C(=O)OC)N[C@@H](c2ccc(Cl)cc2)[C@H]2C(=O)N(C)C(=O)[C@H]21. The van der Waals surface area contributed by atoms with Crippen LogP contribution in [0.2, 0.25) is 5.02 Å². The minimum atomic E-state index is -1.20. The van der Waals surface area contributed by atoms with Gasteiger partial charge in [-0.25, -0.2) is 0 Å². The van der Waals surface area contributed by atoms with Gasteiger partial charge in [-0.1, -0.05) is 37.1 Å². The second-order valence-electron chi connectivity index (χ2n) is 6.63. The fourth-order valence-electron chi connectivity index (χ4n) is 4.20. The molecule has 2 amide bonds. The lowest BCUT2D eigenvalue weighted by Gasteiger charge is -2.31. The molecule has 25 heavy (non-hydrogen) atoms. The minimum Gasteiger partial charge on any atom is -0.468 e. The van der Waals surface area contributed by atoms with Crippen molar-refractivity contribution in [2.45, 2.75) is 31.3 Å². The maximum absolute atomic E-state index is 12.8. The highest BCUT2D eigenvalue weighted by atomic mass is 35.5. The molecule has 1 aromatic rings. The first-order chi connectivity index (χ1) is 11.9. The molecule has 1 aromatic carbocycles. The van der Waals surface area contributed by atoms with E-state index in [1.807, 2.05) is 19.1 Å². The Balaban J connectivity index is 2.13. The number of esters is 1. The molecule has 0 aliphatic carbocycles. The average molecular weight is 365 g/mol. The number of ether oxygens (including phenoxy) is 1. The second kappa shape index (κ2) is 6.42. The molecule has 0 bridgehead atoms. The number of methoxy groups -OCH3 is 1. The van der Waals surface area contributed by atoms with Gasteiger partial charge in [0.05, 0.1) is 18.9 Å². The summed E-state index contributed by atoms with van der Waals surface area (Å²) in [4.78, 5) is 39.3. The van der Waals surface area contributed by atoms with Crippen LogP contribution in [0.3, 0.4) is 0 Å². The summed E-state index contributed by atoms with van der Waals surface area (Å²) in [5.74, 6) is -2.51. The number of nitrogens with one attached hydrogen (secondary N) is 1. The van der Waals surface area contributed by atoms with E-state index in [4.69, 9.17) is 16.3 Å².